The van der Waals surface area contributed by atoms with Gasteiger partial charge >= 0.3 is 0 Å². The van der Waals surface area contributed by atoms with Crippen LogP contribution in [0.2, 0.25) is 0 Å². The van der Waals surface area contributed by atoms with Crippen LogP contribution < -0.4 is 5.73 Å². The van der Waals surface area contributed by atoms with Crippen LogP contribution in [0.15, 0.2) is 0 Å². The number of hydrogen-bond donors (Lipinski definition) is 1. The first-order valence-corrected chi connectivity index (χ1v) is 8.61. The molecule has 1 saturated heterocycles. The van der Waals surface area contributed by atoms with Crippen LogP contribution >= 0.6 is 0 Å². The maximum absolute atomic E-state index is 6.08. The molecule has 2 N–H and O–H groups in total. The second-order valence-electron chi connectivity index (χ2n) is 6.83. The summed E-state index contributed by atoms with van der Waals surface area (Å²) >= 11 is 0. The number of ether oxygens (including phenoxy) is 1. The summed E-state index contributed by atoms with van der Waals surface area (Å²) in [5, 5.41) is 0. The standard InChI is InChI=1S/C17H36N2O/c1-4-5-6-7-8-11-17(2,15-18)19(3)13-16-10-9-12-20-14-16/h16H,4-15,18H2,1-3H3. The average molecular weight is 284 g/mol. The van der Waals surface area contributed by atoms with Crippen molar-refractivity contribution in [3.8, 4) is 0 Å². The Labute approximate surface area is 126 Å². The lowest BCUT2D eigenvalue weighted by Crippen LogP contribution is -2.51. The second-order valence-corrected chi connectivity index (χ2v) is 6.83. The van der Waals surface area contributed by atoms with Gasteiger partial charge in [0.15, 0.2) is 0 Å². The number of hydrogen-bond acceptors (Lipinski definition) is 3. The van der Waals surface area contributed by atoms with Gasteiger partial charge in [-0.1, -0.05) is 39.0 Å². The maximum Gasteiger partial charge on any atom is 0.0506 e. The number of unbranched alkanes of at least 4 members (excludes halogenated alkanes) is 4. The highest BCUT2D eigenvalue weighted by atomic mass is 16.5. The molecule has 1 heterocycles. The Bertz CT molecular complexity index is 241. The van der Waals surface area contributed by atoms with E-state index in [2.05, 4.69) is 25.8 Å². The normalized spacial score (nSPS) is 22.9. The highest BCUT2D eigenvalue weighted by Gasteiger charge is 2.29. The van der Waals surface area contributed by atoms with Gasteiger partial charge in [-0.05, 0) is 39.2 Å². The van der Waals surface area contributed by atoms with E-state index >= 15 is 0 Å². The van der Waals surface area contributed by atoms with Gasteiger partial charge in [-0.2, -0.15) is 0 Å². The van der Waals surface area contributed by atoms with Gasteiger partial charge in [0.05, 0.1) is 6.61 Å². The van der Waals surface area contributed by atoms with Crippen molar-refractivity contribution in [1.82, 2.24) is 4.90 Å². The summed E-state index contributed by atoms with van der Waals surface area (Å²) in [6.07, 6.45) is 10.5. The fraction of sp³-hybridized carbons (Fsp3) is 1.00. The van der Waals surface area contributed by atoms with Crippen LogP contribution in [0, 0.1) is 5.92 Å². The highest BCUT2D eigenvalue weighted by Crippen LogP contribution is 2.24. The van der Waals surface area contributed by atoms with Crippen molar-refractivity contribution in [2.75, 3.05) is 33.4 Å². The first-order chi connectivity index (χ1) is 9.62. The van der Waals surface area contributed by atoms with Crippen molar-refractivity contribution in [2.24, 2.45) is 11.7 Å². The smallest absolute Gasteiger partial charge is 0.0506 e. The molecule has 2 atom stereocenters. The van der Waals surface area contributed by atoms with Gasteiger partial charge in [0.2, 0.25) is 0 Å². The molecule has 0 aromatic heterocycles. The van der Waals surface area contributed by atoms with E-state index in [-0.39, 0.29) is 5.54 Å². The molecule has 1 fully saturated rings. The topological polar surface area (TPSA) is 38.5 Å². The van der Waals surface area contributed by atoms with Crippen LogP contribution in [-0.4, -0.2) is 43.8 Å². The fourth-order valence-corrected chi connectivity index (χ4v) is 3.12. The molecule has 0 saturated carbocycles. The molecule has 0 aliphatic carbocycles. The summed E-state index contributed by atoms with van der Waals surface area (Å²) in [4.78, 5) is 2.49. The minimum absolute atomic E-state index is 0.156. The van der Waals surface area contributed by atoms with Gasteiger partial charge in [-0.3, -0.25) is 4.90 Å². The largest absolute Gasteiger partial charge is 0.381 e. The molecule has 0 aromatic rings. The summed E-state index contributed by atoms with van der Waals surface area (Å²) < 4.78 is 5.60. The lowest BCUT2D eigenvalue weighted by atomic mass is 9.90. The van der Waals surface area contributed by atoms with Crippen LogP contribution in [0.5, 0.6) is 0 Å². The van der Waals surface area contributed by atoms with Crippen molar-refractivity contribution in [1.29, 1.82) is 0 Å². The van der Waals surface area contributed by atoms with Gasteiger partial charge in [0.25, 0.3) is 0 Å². The number of likely N-dealkylation sites (N-methyl/N-ethyl adjacent to an activating group) is 1. The molecule has 3 heteroatoms. The molecule has 20 heavy (non-hydrogen) atoms. The highest BCUT2D eigenvalue weighted by molar-refractivity contribution is 4.87. The molecule has 1 aliphatic heterocycles. The monoisotopic (exact) mass is 284 g/mol. The van der Waals surface area contributed by atoms with Crippen molar-refractivity contribution in [3.05, 3.63) is 0 Å². The predicted molar refractivity (Wildman–Crippen MR) is 87.0 cm³/mol. The SMILES string of the molecule is CCCCCCCC(C)(CN)N(C)CC1CCCOC1. The van der Waals surface area contributed by atoms with E-state index in [9.17, 15) is 0 Å². The average Bonchev–Trinajstić information content (AvgIpc) is 2.47. The number of nitrogens with two attached hydrogens (primary N) is 1. The van der Waals surface area contributed by atoms with Crippen LogP contribution in [0.4, 0.5) is 0 Å². The summed E-state index contributed by atoms with van der Waals surface area (Å²) in [5.74, 6) is 0.694. The number of nitrogens with zero attached hydrogens (tertiary/aromatic N) is 1. The molecule has 0 bridgehead atoms. The van der Waals surface area contributed by atoms with Gasteiger partial charge in [-0.15, -0.1) is 0 Å². The molecule has 0 radical (unpaired) electrons. The summed E-state index contributed by atoms with van der Waals surface area (Å²) in [6, 6.07) is 0. The van der Waals surface area contributed by atoms with E-state index in [1.165, 1.54) is 51.4 Å². The minimum atomic E-state index is 0.156. The van der Waals surface area contributed by atoms with Crippen LogP contribution in [0.3, 0.4) is 0 Å². The van der Waals surface area contributed by atoms with E-state index < -0.39 is 0 Å². The predicted octanol–water partition coefficient (Wildman–Crippen LogP) is 3.42. The minimum Gasteiger partial charge on any atom is -0.381 e. The lowest BCUT2D eigenvalue weighted by molar-refractivity contribution is 0.0217. The summed E-state index contributed by atoms with van der Waals surface area (Å²) in [5.41, 5.74) is 6.24. The molecule has 0 aromatic carbocycles. The summed E-state index contributed by atoms with van der Waals surface area (Å²) in [6.45, 7) is 8.36. The second kappa shape index (κ2) is 9.75. The van der Waals surface area contributed by atoms with E-state index in [4.69, 9.17) is 10.5 Å². The Hall–Kier alpha value is -0.120. The molecule has 0 spiro atoms. The van der Waals surface area contributed by atoms with Gasteiger partial charge in [0.1, 0.15) is 0 Å². The fourth-order valence-electron chi connectivity index (χ4n) is 3.12. The Morgan fingerprint density at radius 2 is 2.00 bits per heavy atom. The van der Waals surface area contributed by atoms with Crippen LogP contribution in [0.25, 0.3) is 0 Å². The van der Waals surface area contributed by atoms with E-state index in [0.717, 1.165) is 26.3 Å². The van der Waals surface area contributed by atoms with E-state index in [0.29, 0.717) is 5.92 Å². The Morgan fingerprint density at radius 3 is 2.60 bits per heavy atom. The Balaban J connectivity index is 2.32. The van der Waals surface area contributed by atoms with Gasteiger partial charge in [-0.25, -0.2) is 0 Å². The van der Waals surface area contributed by atoms with Crippen molar-refractivity contribution in [3.63, 3.8) is 0 Å². The third-order valence-electron chi connectivity index (χ3n) is 4.97. The third-order valence-corrected chi connectivity index (χ3v) is 4.97. The quantitative estimate of drug-likeness (QED) is 0.625. The van der Waals surface area contributed by atoms with Gasteiger partial charge < -0.3 is 10.5 Å². The Kier molecular flexibility index (Phi) is 8.74. The zero-order valence-electron chi connectivity index (χ0n) is 14.0. The van der Waals surface area contributed by atoms with Crippen LogP contribution in [0.1, 0.15) is 65.2 Å². The van der Waals surface area contributed by atoms with Crippen molar-refractivity contribution in [2.45, 2.75) is 70.8 Å². The van der Waals surface area contributed by atoms with E-state index in [1.807, 2.05) is 0 Å². The zero-order chi connectivity index (χ0) is 14.8. The molecular formula is C17H36N2O. The zero-order valence-corrected chi connectivity index (χ0v) is 14.0. The van der Waals surface area contributed by atoms with Gasteiger partial charge in [0, 0.05) is 25.2 Å². The summed E-state index contributed by atoms with van der Waals surface area (Å²) in [7, 11) is 2.24. The van der Waals surface area contributed by atoms with Crippen molar-refractivity contribution >= 4 is 0 Å². The number of rotatable bonds is 10. The molecule has 120 valence electrons. The molecular weight excluding hydrogens is 248 g/mol. The first-order valence-electron chi connectivity index (χ1n) is 8.61. The van der Waals surface area contributed by atoms with Crippen LogP contribution in [-0.2, 0) is 4.74 Å². The lowest BCUT2D eigenvalue weighted by Gasteiger charge is -2.40. The first kappa shape index (κ1) is 17.9. The Morgan fingerprint density at radius 1 is 1.25 bits per heavy atom. The molecule has 2 unspecified atom stereocenters. The maximum atomic E-state index is 6.08. The van der Waals surface area contributed by atoms with Crippen molar-refractivity contribution < 1.29 is 4.74 Å². The molecule has 1 rings (SSSR count). The van der Waals surface area contributed by atoms with E-state index in [1.54, 1.807) is 0 Å². The molecule has 0 amide bonds. The molecule has 1 aliphatic rings. The molecule has 3 nitrogen and oxygen atoms in total. The third kappa shape index (κ3) is 6.11.